The molecule has 156 valence electrons. The summed E-state index contributed by atoms with van der Waals surface area (Å²) in [6.45, 7) is 0. The third kappa shape index (κ3) is 3.80. The average Bonchev–Trinajstić information content (AvgIpc) is 3.28. The molecule has 0 radical (unpaired) electrons. The number of benzene rings is 1. The van der Waals surface area contributed by atoms with Crippen LogP contribution in [0.4, 0.5) is 0 Å². The number of H-pyrrole nitrogens is 1. The molecule has 0 spiro atoms. The van der Waals surface area contributed by atoms with E-state index in [9.17, 15) is 19.5 Å². The lowest BCUT2D eigenvalue weighted by Gasteiger charge is -2.49. The highest BCUT2D eigenvalue weighted by Crippen LogP contribution is 2.44. The number of nitrogens with zero attached hydrogens (tertiary/aromatic N) is 3. The van der Waals surface area contributed by atoms with Gasteiger partial charge in [-0.25, -0.2) is 4.79 Å². The Morgan fingerprint density at radius 2 is 2.17 bits per heavy atom. The Kier molecular flexibility index (Phi) is 5.79. The summed E-state index contributed by atoms with van der Waals surface area (Å²) in [4.78, 5) is 38.9. The molecule has 0 bridgehead atoms. The van der Waals surface area contributed by atoms with E-state index >= 15 is 0 Å². The molecule has 0 aliphatic carbocycles. The van der Waals surface area contributed by atoms with Crippen LogP contribution in [0, 0.1) is 0 Å². The monoisotopic (exact) mass is 446 g/mol. The van der Waals surface area contributed by atoms with Crippen molar-refractivity contribution >= 4 is 41.3 Å². The maximum atomic E-state index is 12.7. The number of rotatable bonds is 7. The molecule has 1 fully saturated rings. The van der Waals surface area contributed by atoms with E-state index < -0.39 is 35.2 Å². The number of aromatic amines is 1. The summed E-state index contributed by atoms with van der Waals surface area (Å²) in [5.74, 6) is -1.27. The minimum absolute atomic E-state index is 0.0462. The van der Waals surface area contributed by atoms with Crippen molar-refractivity contribution in [2.75, 3.05) is 5.75 Å². The molecule has 1 aromatic carbocycles. The topological polar surface area (TPSA) is 154 Å². The van der Waals surface area contributed by atoms with Gasteiger partial charge in [-0.05, 0) is 5.56 Å². The van der Waals surface area contributed by atoms with Crippen molar-refractivity contribution in [1.29, 1.82) is 0 Å². The van der Waals surface area contributed by atoms with Crippen LogP contribution in [0.3, 0.4) is 0 Å². The lowest BCUT2D eigenvalue weighted by molar-refractivity contribution is -0.150. The Balaban J connectivity index is 1.46. The maximum absolute atomic E-state index is 12.7. The van der Waals surface area contributed by atoms with Crippen LogP contribution in [0.15, 0.2) is 47.1 Å². The van der Waals surface area contributed by atoms with Gasteiger partial charge in [0, 0.05) is 16.4 Å². The highest BCUT2D eigenvalue weighted by atomic mass is 32.2. The zero-order valence-corrected chi connectivity index (χ0v) is 17.2. The van der Waals surface area contributed by atoms with Crippen LogP contribution in [0.2, 0.25) is 0 Å². The molecule has 12 heteroatoms. The zero-order chi connectivity index (χ0) is 21.3. The van der Waals surface area contributed by atoms with Crippen LogP contribution in [0.1, 0.15) is 17.3 Å². The van der Waals surface area contributed by atoms with E-state index in [1.807, 2.05) is 6.07 Å². The fourth-order valence-corrected chi connectivity index (χ4v) is 5.73. The first-order valence-electron chi connectivity index (χ1n) is 8.97. The Morgan fingerprint density at radius 3 is 2.83 bits per heavy atom. The van der Waals surface area contributed by atoms with E-state index in [0.717, 1.165) is 0 Å². The first-order chi connectivity index (χ1) is 14.5. The highest BCUT2D eigenvalue weighted by Gasteiger charge is 2.54. The number of carboxylic acids is 1. The van der Waals surface area contributed by atoms with Gasteiger partial charge in [0.15, 0.2) is 0 Å². The molecule has 4 rings (SSSR count). The second-order valence-electron chi connectivity index (χ2n) is 6.61. The second kappa shape index (κ2) is 8.50. The number of carbonyl (C=O) groups is 3. The number of amides is 2. The number of nitrogens with two attached hydrogens (primary N) is 1. The van der Waals surface area contributed by atoms with Crippen LogP contribution in [0.25, 0.3) is 0 Å². The quantitative estimate of drug-likeness (QED) is 0.443. The smallest absolute Gasteiger partial charge is 0.353 e. The normalized spacial score (nSPS) is 21.6. The van der Waals surface area contributed by atoms with E-state index in [1.54, 1.807) is 30.5 Å². The Morgan fingerprint density at radius 1 is 1.40 bits per heavy atom. The lowest BCUT2D eigenvalue weighted by Crippen LogP contribution is -2.71. The van der Waals surface area contributed by atoms with E-state index in [-0.39, 0.29) is 5.70 Å². The largest absolute Gasteiger partial charge is 0.477 e. The van der Waals surface area contributed by atoms with Crippen molar-refractivity contribution < 1.29 is 19.5 Å². The number of nitrogens with one attached hydrogen (secondary N) is 2. The maximum Gasteiger partial charge on any atom is 0.353 e. The van der Waals surface area contributed by atoms with E-state index in [1.165, 1.54) is 28.4 Å². The molecule has 5 N–H and O–H groups in total. The summed E-state index contributed by atoms with van der Waals surface area (Å²) in [6, 6.07) is 7.11. The molecular weight excluding hydrogens is 428 g/mol. The Hall–Kier alpha value is -2.83. The molecule has 2 aliphatic rings. The molecule has 0 unspecified atom stereocenters. The minimum Gasteiger partial charge on any atom is -0.477 e. The van der Waals surface area contributed by atoms with Gasteiger partial charge in [0.1, 0.15) is 23.2 Å². The third-order valence-electron chi connectivity index (χ3n) is 4.73. The fraction of sp³-hybridized carbons (Fsp3) is 0.278. The number of aliphatic carboxylic acids is 1. The van der Waals surface area contributed by atoms with E-state index in [0.29, 0.717) is 27.7 Å². The predicted octanol–water partition coefficient (Wildman–Crippen LogP) is 0.434. The standard InChI is InChI=1S/C18H18N6O4S2/c19-12(9-4-2-1-3-5-9)15(25)21-13-16(26)24-14(18(27)28)11(8-30-17(13)24)29-7-10-6-20-23-22-10/h1-6,12-13,17H,7-8,19H2,(H,21,25)(H,27,28)(H,20,22,23)/t12-,13-,17-/m1/s1. The summed E-state index contributed by atoms with van der Waals surface area (Å²) in [5.41, 5.74) is 7.26. The number of carbonyl (C=O) groups excluding carboxylic acids is 2. The minimum atomic E-state index is -1.18. The SMILES string of the molecule is N[C@@H](C(=O)N[C@@H]1C(=O)N2C(C(=O)O)=C(SCc3cn[nH]n3)CS[C@H]12)c1ccccc1. The van der Waals surface area contributed by atoms with Crippen molar-refractivity contribution in [3.8, 4) is 0 Å². The van der Waals surface area contributed by atoms with Gasteiger partial charge in [-0.2, -0.15) is 15.4 Å². The number of hydrogen-bond acceptors (Lipinski definition) is 8. The molecule has 2 amide bonds. The number of carboxylic acid groups (broad SMARTS) is 1. The summed E-state index contributed by atoms with van der Waals surface area (Å²) >= 11 is 2.71. The van der Waals surface area contributed by atoms with Gasteiger partial charge < -0.3 is 16.2 Å². The number of β-lactam (4-membered cyclic amide) rings is 1. The van der Waals surface area contributed by atoms with Gasteiger partial charge in [0.05, 0.1) is 11.9 Å². The first-order valence-corrected chi connectivity index (χ1v) is 11.0. The molecule has 1 saturated heterocycles. The summed E-state index contributed by atoms with van der Waals surface area (Å²) < 4.78 is 0. The van der Waals surface area contributed by atoms with E-state index in [2.05, 4.69) is 20.7 Å². The van der Waals surface area contributed by atoms with Crippen molar-refractivity contribution in [2.24, 2.45) is 5.73 Å². The molecule has 1 aromatic heterocycles. The summed E-state index contributed by atoms with van der Waals surface area (Å²) in [6.07, 6.45) is 1.56. The van der Waals surface area contributed by atoms with Gasteiger partial charge >= 0.3 is 5.97 Å². The van der Waals surface area contributed by atoms with Gasteiger partial charge in [0.25, 0.3) is 5.91 Å². The highest BCUT2D eigenvalue weighted by molar-refractivity contribution is 8.05. The zero-order valence-electron chi connectivity index (χ0n) is 15.5. The summed E-state index contributed by atoms with van der Waals surface area (Å²) in [5, 5.41) is 22.1. The molecule has 2 aliphatic heterocycles. The van der Waals surface area contributed by atoms with Crippen molar-refractivity contribution in [3.63, 3.8) is 0 Å². The third-order valence-corrected chi connectivity index (χ3v) is 7.32. The molecule has 3 atom stereocenters. The van der Waals surface area contributed by atoms with Crippen LogP contribution in [-0.2, 0) is 20.1 Å². The van der Waals surface area contributed by atoms with Crippen molar-refractivity contribution in [1.82, 2.24) is 25.6 Å². The molecule has 3 heterocycles. The fourth-order valence-electron chi connectivity index (χ4n) is 3.21. The van der Waals surface area contributed by atoms with Crippen LogP contribution >= 0.6 is 23.5 Å². The average molecular weight is 447 g/mol. The predicted molar refractivity (Wildman–Crippen MR) is 111 cm³/mol. The molecule has 10 nitrogen and oxygen atoms in total. The van der Waals surface area contributed by atoms with Gasteiger partial charge in [-0.1, -0.05) is 30.3 Å². The molecule has 2 aromatic rings. The van der Waals surface area contributed by atoms with E-state index in [4.69, 9.17) is 5.73 Å². The molecular formula is C18H18N6O4S2. The first kappa shape index (κ1) is 20.4. The lowest BCUT2D eigenvalue weighted by atomic mass is 10.0. The Bertz CT molecular complexity index is 997. The second-order valence-corrected chi connectivity index (χ2v) is 8.79. The van der Waals surface area contributed by atoms with Gasteiger partial charge in [0.2, 0.25) is 5.91 Å². The Labute approximate surface area is 179 Å². The number of thioether (sulfide) groups is 2. The number of hydrogen-bond donors (Lipinski definition) is 4. The molecule has 30 heavy (non-hydrogen) atoms. The van der Waals surface area contributed by atoms with Gasteiger partial charge in [-0.3, -0.25) is 14.5 Å². The van der Waals surface area contributed by atoms with Crippen LogP contribution < -0.4 is 11.1 Å². The number of fused-ring (bicyclic) bond motifs is 1. The van der Waals surface area contributed by atoms with Crippen LogP contribution in [-0.4, -0.2) is 60.4 Å². The summed E-state index contributed by atoms with van der Waals surface area (Å²) in [7, 11) is 0. The number of aromatic nitrogens is 3. The van der Waals surface area contributed by atoms with Crippen molar-refractivity contribution in [3.05, 3.63) is 58.4 Å². The van der Waals surface area contributed by atoms with Gasteiger partial charge in [-0.15, -0.1) is 23.5 Å². The van der Waals surface area contributed by atoms with Crippen molar-refractivity contribution in [2.45, 2.75) is 23.2 Å². The van der Waals surface area contributed by atoms with Crippen LogP contribution in [0.5, 0.6) is 0 Å². The molecule has 0 saturated carbocycles.